The molecule has 1 saturated heterocycles. The lowest BCUT2D eigenvalue weighted by atomic mass is 10.0. The Morgan fingerprint density at radius 1 is 1.10 bits per heavy atom. The van der Waals surface area contributed by atoms with E-state index in [1.54, 1.807) is 0 Å². The predicted molar refractivity (Wildman–Crippen MR) is 86.9 cm³/mol. The lowest BCUT2D eigenvalue weighted by Crippen LogP contribution is -2.45. The summed E-state index contributed by atoms with van der Waals surface area (Å²) >= 11 is 6.85. The third-order valence-electron chi connectivity index (χ3n) is 3.26. The molecule has 1 aliphatic heterocycles. The molecule has 7 heteroatoms. The van der Waals surface area contributed by atoms with Gasteiger partial charge in [-0.1, -0.05) is 31.9 Å². The number of rotatable bonds is 4. The molecular formula is C13H17Br2ClF2N2. The molecule has 0 aromatic heterocycles. The molecule has 0 radical (unpaired) electrons. The van der Waals surface area contributed by atoms with Gasteiger partial charge in [-0.15, -0.1) is 12.4 Å². The van der Waals surface area contributed by atoms with Crippen molar-refractivity contribution in [1.82, 2.24) is 10.2 Å². The molecule has 1 atom stereocenters. The number of alkyl halides is 2. The summed E-state index contributed by atoms with van der Waals surface area (Å²) in [5.74, 6) is 0. The van der Waals surface area contributed by atoms with Gasteiger partial charge in [-0.2, -0.15) is 0 Å². The highest BCUT2D eigenvalue weighted by molar-refractivity contribution is 9.11. The van der Waals surface area contributed by atoms with Crippen LogP contribution in [0.4, 0.5) is 8.78 Å². The maximum absolute atomic E-state index is 12.9. The molecule has 20 heavy (non-hydrogen) atoms. The summed E-state index contributed by atoms with van der Waals surface area (Å²) in [7, 11) is 0. The Morgan fingerprint density at radius 3 is 2.15 bits per heavy atom. The van der Waals surface area contributed by atoms with Gasteiger partial charge in [0.2, 0.25) is 6.43 Å². The SMILES string of the molecule is Cl.FC(F)C[C@@H](c1cc(Br)cc(Br)c1)N1CCNCC1. The van der Waals surface area contributed by atoms with Crippen LogP contribution in [0.2, 0.25) is 0 Å². The van der Waals surface area contributed by atoms with Crippen molar-refractivity contribution in [2.75, 3.05) is 26.2 Å². The van der Waals surface area contributed by atoms with Crippen LogP contribution >= 0.6 is 44.3 Å². The van der Waals surface area contributed by atoms with Gasteiger partial charge in [0.1, 0.15) is 0 Å². The zero-order valence-corrected chi connectivity index (χ0v) is 14.8. The van der Waals surface area contributed by atoms with Crippen LogP contribution in [0.5, 0.6) is 0 Å². The largest absolute Gasteiger partial charge is 0.314 e. The first kappa shape index (κ1) is 18.3. The van der Waals surface area contributed by atoms with E-state index in [0.29, 0.717) is 0 Å². The molecule has 0 bridgehead atoms. The van der Waals surface area contributed by atoms with Gasteiger partial charge in [0.25, 0.3) is 0 Å². The fourth-order valence-electron chi connectivity index (χ4n) is 2.43. The number of hydrogen-bond acceptors (Lipinski definition) is 2. The van der Waals surface area contributed by atoms with Crippen molar-refractivity contribution in [1.29, 1.82) is 0 Å². The lowest BCUT2D eigenvalue weighted by molar-refractivity contribution is 0.0739. The van der Waals surface area contributed by atoms with Crippen LogP contribution in [0.3, 0.4) is 0 Å². The average Bonchev–Trinajstić information content (AvgIpc) is 2.35. The number of hydrogen-bond donors (Lipinski definition) is 1. The Balaban J connectivity index is 0.00000200. The van der Waals surface area contributed by atoms with E-state index in [1.165, 1.54) is 0 Å². The summed E-state index contributed by atoms with van der Waals surface area (Å²) < 4.78 is 27.5. The van der Waals surface area contributed by atoms with E-state index in [2.05, 4.69) is 42.1 Å². The highest BCUT2D eigenvalue weighted by atomic mass is 79.9. The van der Waals surface area contributed by atoms with E-state index in [0.717, 1.165) is 40.7 Å². The van der Waals surface area contributed by atoms with Crippen LogP contribution in [0, 0.1) is 0 Å². The van der Waals surface area contributed by atoms with E-state index in [1.807, 2.05) is 18.2 Å². The predicted octanol–water partition coefficient (Wildman–Crippen LogP) is 4.23. The first-order chi connectivity index (χ1) is 9.06. The van der Waals surface area contributed by atoms with E-state index >= 15 is 0 Å². The van der Waals surface area contributed by atoms with Crippen molar-refractivity contribution in [3.05, 3.63) is 32.7 Å². The van der Waals surface area contributed by atoms with Crippen molar-refractivity contribution in [3.8, 4) is 0 Å². The number of benzene rings is 1. The van der Waals surface area contributed by atoms with Gasteiger partial charge < -0.3 is 5.32 Å². The summed E-state index contributed by atoms with van der Waals surface area (Å²) in [5, 5.41) is 3.25. The molecule has 1 aliphatic rings. The molecule has 114 valence electrons. The minimum atomic E-state index is -2.29. The quantitative estimate of drug-likeness (QED) is 0.763. The zero-order valence-electron chi connectivity index (χ0n) is 10.8. The Morgan fingerprint density at radius 2 is 1.65 bits per heavy atom. The van der Waals surface area contributed by atoms with Gasteiger partial charge in [-0.25, -0.2) is 8.78 Å². The molecule has 0 unspecified atom stereocenters. The van der Waals surface area contributed by atoms with E-state index in [4.69, 9.17) is 0 Å². The molecule has 0 saturated carbocycles. The van der Waals surface area contributed by atoms with Gasteiger partial charge in [0.15, 0.2) is 0 Å². The van der Waals surface area contributed by atoms with Crippen molar-refractivity contribution in [2.24, 2.45) is 0 Å². The minimum Gasteiger partial charge on any atom is -0.314 e. The second-order valence-electron chi connectivity index (χ2n) is 4.63. The third kappa shape index (κ3) is 5.22. The van der Waals surface area contributed by atoms with Crippen LogP contribution in [0.25, 0.3) is 0 Å². The summed E-state index contributed by atoms with van der Waals surface area (Å²) in [5.41, 5.74) is 0.934. The van der Waals surface area contributed by atoms with Crippen molar-refractivity contribution < 1.29 is 8.78 Å². The molecule has 0 spiro atoms. The monoisotopic (exact) mass is 432 g/mol. The van der Waals surface area contributed by atoms with Crippen LogP contribution in [-0.4, -0.2) is 37.5 Å². The molecule has 1 fully saturated rings. The van der Waals surface area contributed by atoms with Crippen LogP contribution in [0.1, 0.15) is 18.0 Å². The molecule has 1 heterocycles. The first-order valence-electron chi connectivity index (χ1n) is 6.25. The van der Waals surface area contributed by atoms with Gasteiger partial charge in [-0.05, 0) is 23.8 Å². The molecule has 1 N–H and O–H groups in total. The number of nitrogens with one attached hydrogen (secondary N) is 1. The lowest BCUT2D eigenvalue weighted by Gasteiger charge is -2.35. The summed E-state index contributed by atoms with van der Waals surface area (Å²) in [6, 6.07) is 5.55. The van der Waals surface area contributed by atoms with Gasteiger partial charge in [0, 0.05) is 47.6 Å². The van der Waals surface area contributed by atoms with E-state index in [-0.39, 0.29) is 24.9 Å². The highest BCUT2D eigenvalue weighted by Gasteiger charge is 2.25. The van der Waals surface area contributed by atoms with Crippen molar-refractivity contribution >= 4 is 44.3 Å². The smallest absolute Gasteiger partial charge is 0.240 e. The Labute approximate surface area is 141 Å². The molecule has 2 rings (SSSR count). The van der Waals surface area contributed by atoms with Crippen LogP contribution in [-0.2, 0) is 0 Å². The number of halogens is 5. The maximum atomic E-state index is 12.9. The summed E-state index contributed by atoms with van der Waals surface area (Å²) in [6.07, 6.45) is -2.42. The number of piperazine rings is 1. The molecule has 2 nitrogen and oxygen atoms in total. The second kappa shape index (κ2) is 8.63. The van der Waals surface area contributed by atoms with Crippen molar-refractivity contribution in [2.45, 2.75) is 18.9 Å². The molecule has 0 amide bonds. The molecule has 0 aliphatic carbocycles. The van der Waals surface area contributed by atoms with Crippen molar-refractivity contribution in [3.63, 3.8) is 0 Å². The maximum Gasteiger partial charge on any atom is 0.240 e. The normalized spacial score (nSPS) is 17.9. The van der Waals surface area contributed by atoms with Crippen LogP contribution in [0.15, 0.2) is 27.1 Å². The van der Waals surface area contributed by atoms with Gasteiger partial charge >= 0.3 is 0 Å². The van der Waals surface area contributed by atoms with Gasteiger partial charge in [0.05, 0.1) is 0 Å². The molecular weight excluding hydrogens is 417 g/mol. The number of nitrogens with zero attached hydrogens (tertiary/aromatic N) is 1. The third-order valence-corrected chi connectivity index (χ3v) is 4.18. The summed E-state index contributed by atoms with van der Waals surface area (Å²) in [6.45, 7) is 3.33. The van der Waals surface area contributed by atoms with E-state index < -0.39 is 6.43 Å². The Bertz CT molecular complexity index is 409. The fourth-order valence-corrected chi connectivity index (χ4v) is 3.76. The highest BCUT2D eigenvalue weighted by Crippen LogP contribution is 2.31. The summed E-state index contributed by atoms with van der Waals surface area (Å²) in [4.78, 5) is 2.14. The zero-order chi connectivity index (χ0) is 13.8. The average molecular weight is 435 g/mol. The first-order valence-corrected chi connectivity index (χ1v) is 7.84. The van der Waals surface area contributed by atoms with E-state index in [9.17, 15) is 8.78 Å². The Kier molecular flexibility index (Phi) is 7.90. The standard InChI is InChI=1S/C13H16Br2F2N2.ClH/c14-10-5-9(6-11(15)7-10)12(8-13(16)17)19-3-1-18-2-4-19;/h5-7,12-13,18H,1-4,8H2;1H/t12-;/m0./s1. The molecule has 1 aromatic carbocycles. The van der Waals surface area contributed by atoms with Gasteiger partial charge in [-0.3, -0.25) is 4.90 Å². The Hall–Kier alpha value is 0.250. The topological polar surface area (TPSA) is 15.3 Å². The minimum absolute atomic E-state index is 0. The molecule has 1 aromatic rings. The van der Waals surface area contributed by atoms with Crippen LogP contribution < -0.4 is 5.32 Å². The second-order valence-corrected chi connectivity index (χ2v) is 6.46. The fraction of sp³-hybridized carbons (Fsp3) is 0.538.